The van der Waals surface area contributed by atoms with Crippen LogP contribution in [-0.2, 0) is 4.74 Å². The molecule has 1 aromatic carbocycles. The summed E-state index contributed by atoms with van der Waals surface area (Å²) in [6.45, 7) is 2.90. The van der Waals surface area contributed by atoms with Gasteiger partial charge in [-0.1, -0.05) is 42.3 Å². The first kappa shape index (κ1) is 14.1. The monoisotopic (exact) mass is 288 g/mol. The number of ether oxygens (including phenoxy) is 1. The second-order valence-electron chi connectivity index (χ2n) is 4.56. The zero-order valence-corrected chi connectivity index (χ0v) is 11.8. The van der Waals surface area contributed by atoms with Crippen LogP contribution in [0.3, 0.4) is 0 Å². The Kier molecular flexibility index (Phi) is 4.87. The molecule has 0 spiro atoms. The van der Waals surface area contributed by atoms with Crippen molar-refractivity contribution >= 4 is 23.2 Å². The molecule has 3 atom stereocenters. The number of benzene rings is 1. The first-order valence-corrected chi connectivity index (χ1v) is 6.96. The summed E-state index contributed by atoms with van der Waals surface area (Å²) >= 11 is 12.3. The molecule has 0 aromatic heterocycles. The standard InChI is InChI=1S/C13H18Cl2N2O/c1-2-11-8(6-7-18-11)13(17-16)9-4-3-5-10(14)12(9)15/h3-5,8,11,13,17H,2,6-7,16H2,1H3. The molecule has 3 unspecified atom stereocenters. The Labute approximate surface area is 118 Å². The third-order valence-electron chi connectivity index (χ3n) is 3.59. The van der Waals surface area contributed by atoms with Crippen LogP contribution in [-0.4, -0.2) is 12.7 Å². The lowest BCUT2D eigenvalue weighted by atomic mass is 9.87. The van der Waals surface area contributed by atoms with Gasteiger partial charge in [0.2, 0.25) is 0 Å². The predicted molar refractivity (Wildman–Crippen MR) is 74.7 cm³/mol. The van der Waals surface area contributed by atoms with Gasteiger partial charge in [0.05, 0.1) is 22.2 Å². The normalized spacial score (nSPS) is 25.3. The van der Waals surface area contributed by atoms with Crippen molar-refractivity contribution in [3.8, 4) is 0 Å². The maximum atomic E-state index is 6.27. The van der Waals surface area contributed by atoms with Crippen LogP contribution in [0.2, 0.25) is 10.0 Å². The van der Waals surface area contributed by atoms with Crippen molar-refractivity contribution in [3.05, 3.63) is 33.8 Å². The lowest BCUT2D eigenvalue weighted by Gasteiger charge is -2.27. The lowest BCUT2D eigenvalue weighted by Crippen LogP contribution is -2.37. The summed E-state index contributed by atoms with van der Waals surface area (Å²) in [7, 11) is 0. The van der Waals surface area contributed by atoms with Gasteiger partial charge in [-0.3, -0.25) is 11.3 Å². The summed E-state index contributed by atoms with van der Waals surface area (Å²) in [6, 6.07) is 5.61. The highest BCUT2D eigenvalue weighted by atomic mass is 35.5. The van der Waals surface area contributed by atoms with E-state index in [1.54, 1.807) is 6.07 Å². The fourth-order valence-corrected chi connectivity index (χ4v) is 3.10. The summed E-state index contributed by atoms with van der Waals surface area (Å²) in [5.41, 5.74) is 3.81. The maximum absolute atomic E-state index is 6.27. The summed E-state index contributed by atoms with van der Waals surface area (Å²) < 4.78 is 5.72. The van der Waals surface area contributed by atoms with Gasteiger partial charge in [0.15, 0.2) is 0 Å². The molecule has 0 aliphatic carbocycles. The van der Waals surface area contributed by atoms with Gasteiger partial charge in [-0.2, -0.15) is 0 Å². The van der Waals surface area contributed by atoms with Crippen LogP contribution in [0.15, 0.2) is 18.2 Å². The second kappa shape index (κ2) is 6.22. The van der Waals surface area contributed by atoms with E-state index < -0.39 is 0 Å². The van der Waals surface area contributed by atoms with E-state index in [4.69, 9.17) is 33.8 Å². The number of nitrogens with two attached hydrogens (primary N) is 1. The van der Waals surface area contributed by atoms with Crippen LogP contribution in [0, 0.1) is 5.92 Å². The van der Waals surface area contributed by atoms with Gasteiger partial charge in [-0.25, -0.2) is 0 Å². The van der Waals surface area contributed by atoms with Gasteiger partial charge in [0.25, 0.3) is 0 Å². The van der Waals surface area contributed by atoms with Crippen molar-refractivity contribution in [1.82, 2.24) is 5.43 Å². The molecule has 1 fully saturated rings. The highest BCUT2D eigenvalue weighted by molar-refractivity contribution is 6.42. The summed E-state index contributed by atoms with van der Waals surface area (Å²) in [5, 5.41) is 1.13. The fraction of sp³-hybridized carbons (Fsp3) is 0.538. The lowest BCUT2D eigenvalue weighted by molar-refractivity contribution is 0.0774. The van der Waals surface area contributed by atoms with E-state index in [0.717, 1.165) is 25.0 Å². The molecular formula is C13H18Cl2N2O. The summed E-state index contributed by atoms with van der Waals surface area (Å²) in [4.78, 5) is 0. The van der Waals surface area contributed by atoms with E-state index in [2.05, 4.69) is 12.3 Å². The van der Waals surface area contributed by atoms with E-state index in [0.29, 0.717) is 16.0 Å². The zero-order chi connectivity index (χ0) is 13.1. The van der Waals surface area contributed by atoms with Crippen molar-refractivity contribution < 1.29 is 4.74 Å². The van der Waals surface area contributed by atoms with E-state index in [-0.39, 0.29) is 12.1 Å². The molecule has 18 heavy (non-hydrogen) atoms. The Morgan fingerprint density at radius 1 is 1.50 bits per heavy atom. The molecule has 2 rings (SSSR count). The average molecular weight is 289 g/mol. The molecule has 3 nitrogen and oxygen atoms in total. The summed E-state index contributed by atoms with van der Waals surface area (Å²) in [6.07, 6.45) is 2.18. The third-order valence-corrected chi connectivity index (χ3v) is 4.42. The Hall–Kier alpha value is -0.320. The smallest absolute Gasteiger partial charge is 0.0640 e. The van der Waals surface area contributed by atoms with Crippen molar-refractivity contribution in [2.24, 2.45) is 11.8 Å². The van der Waals surface area contributed by atoms with Crippen molar-refractivity contribution in [3.63, 3.8) is 0 Å². The molecule has 100 valence electrons. The van der Waals surface area contributed by atoms with Crippen LogP contribution >= 0.6 is 23.2 Å². The van der Waals surface area contributed by atoms with Crippen LogP contribution in [0.1, 0.15) is 31.4 Å². The quantitative estimate of drug-likeness (QED) is 0.660. The number of halogens is 2. The zero-order valence-electron chi connectivity index (χ0n) is 10.3. The molecule has 1 aliphatic rings. The van der Waals surface area contributed by atoms with Crippen molar-refractivity contribution in [2.75, 3.05) is 6.61 Å². The highest BCUT2D eigenvalue weighted by Gasteiger charge is 2.35. The number of nitrogens with one attached hydrogen (secondary N) is 1. The molecule has 0 radical (unpaired) electrons. The minimum Gasteiger partial charge on any atom is -0.378 e. The topological polar surface area (TPSA) is 47.3 Å². The molecule has 0 bridgehead atoms. The van der Waals surface area contributed by atoms with E-state index in [9.17, 15) is 0 Å². The number of rotatable bonds is 4. The van der Waals surface area contributed by atoms with Gasteiger partial charge in [-0.15, -0.1) is 0 Å². The highest BCUT2D eigenvalue weighted by Crippen LogP contribution is 2.38. The number of hydrogen-bond acceptors (Lipinski definition) is 3. The fourth-order valence-electron chi connectivity index (χ4n) is 2.67. The van der Waals surface area contributed by atoms with Crippen LogP contribution in [0.25, 0.3) is 0 Å². The number of hydrazine groups is 1. The van der Waals surface area contributed by atoms with E-state index in [1.807, 2.05) is 12.1 Å². The van der Waals surface area contributed by atoms with Gasteiger partial charge in [0.1, 0.15) is 0 Å². The van der Waals surface area contributed by atoms with Crippen LogP contribution in [0.5, 0.6) is 0 Å². The van der Waals surface area contributed by atoms with Gasteiger partial charge < -0.3 is 4.74 Å². The molecule has 5 heteroatoms. The van der Waals surface area contributed by atoms with Gasteiger partial charge in [-0.05, 0) is 24.5 Å². The molecule has 0 amide bonds. The Bertz CT molecular complexity index is 414. The molecule has 1 heterocycles. The molecule has 1 aromatic rings. The summed E-state index contributed by atoms with van der Waals surface area (Å²) in [5.74, 6) is 6.04. The molecule has 1 aliphatic heterocycles. The van der Waals surface area contributed by atoms with Gasteiger partial charge >= 0.3 is 0 Å². The van der Waals surface area contributed by atoms with Crippen LogP contribution < -0.4 is 11.3 Å². The molecule has 0 saturated carbocycles. The van der Waals surface area contributed by atoms with Crippen molar-refractivity contribution in [2.45, 2.75) is 31.9 Å². The molecule has 1 saturated heterocycles. The molecular weight excluding hydrogens is 271 g/mol. The van der Waals surface area contributed by atoms with Crippen LogP contribution in [0.4, 0.5) is 0 Å². The minimum atomic E-state index is -0.0244. The average Bonchev–Trinajstić information content (AvgIpc) is 2.83. The van der Waals surface area contributed by atoms with E-state index >= 15 is 0 Å². The predicted octanol–water partition coefficient (Wildman–Crippen LogP) is 3.31. The van der Waals surface area contributed by atoms with Gasteiger partial charge in [0, 0.05) is 12.5 Å². The van der Waals surface area contributed by atoms with Crippen molar-refractivity contribution in [1.29, 1.82) is 0 Å². The number of hydrogen-bond donors (Lipinski definition) is 2. The Morgan fingerprint density at radius 2 is 2.28 bits per heavy atom. The molecule has 3 N–H and O–H groups in total. The Morgan fingerprint density at radius 3 is 2.94 bits per heavy atom. The maximum Gasteiger partial charge on any atom is 0.0640 e. The first-order chi connectivity index (χ1) is 8.69. The first-order valence-electron chi connectivity index (χ1n) is 6.20. The SMILES string of the molecule is CCC1OCCC1C(NN)c1cccc(Cl)c1Cl. The van der Waals surface area contributed by atoms with E-state index in [1.165, 1.54) is 0 Å². The second-order valence-corrected chi connectivity index (χ2v) is 5.34. The third kappa shape index (κ3) is 2.65. The minimum absolute atomic E-state index is 0.0244. The Balaban J connectivity index is 2.30. The largest absolute Gasteiger partial charge is 0.378 e.